The molecule has 168 valence electrons. The lowest BCUT2D eigenvalue weighted by atomic mass is 9.96. The molecule has 0 spiro atoms. The number of fused-ring (bicyclic) bond motifs is 1. The minimum absolute atomic E-state index is 0.207. The fourth-order valence-electron chi connectivity index (χ4n) is 5.15. The number of hydrogen-bond acceptors (Lipinski definition) is 3. The van der Waals surface area contributed by atoms with E-state index in [2.05, 4.69) is 101 Å². The molecular weight excluding hydrogens is 406 g/mol. The van der Waals surface area contributed by atoms with Crippen LogP contribution in [0.5, 0.6) is 0 Å². The van der Waals surface area contributed by atoms with Crippen LogP contribution in [-0.4, -0.2) is 53.3 Å². The van der Waals surface area contributed by atoms with Crippen LogP contribution in [-0.2, 0) is 0 Å². The molecule has 5 rings (SSSR count). The molecule has 1 N–H and O–H groups in total. The van der Waals surface area contributed by atoms with Crippen LogP contribution < -0.4 is 0 Å². The van der Waals surface area contributed by atoms with Crippen LogP contribution >= 0.6 is 0 Å². The topological polar surface area (TPSA) is 39.3 Å². The fourth-order valence-corrected chi connectivity index (χ4v) is 5.15. The Labute approximate surface area is 195 Å². The number of aryl methyl sites for hydroxylation is 2. The number of hydrogen-bond donors (Lipinski definition) is 1. The van der Waals surface area contributed by atoms with Gasteiger partial charge in [-0.15, -0.1) is 0 Å². The standard InChI is InChI=1S/C29H31N3O/c1-21-13-14-25-26(19-21)30-22(2)28(25)27(33)20-31-15-17-32(18-16-31)29(23-9-5-3-6-10-23)24-11-7-4-8-12-24/h3-14,19,29-30H,15-18,20H2,1-2H3. The van der Waals surface area contributed by atoms with Crippen LogP contribution in [0.2, 0.25) is 0 Å². The number of carbonyl (C=O) groups is 1. The van der Waals surface area contributed by atoms with Gasteiger partial charge in [0.05, 0.1) is 12.6 Å². The number of aromatic amines is 1. The molecule has 1 saturated heterocycles. The first kappa shape index (κ1) is 21.6. The lowest BCUT2D eigenvalue weighted by Gasteiger charge is -2.39. The van der Waals surface area contributed by atoms with E-state index < -0.39 is 0 Å². The van der Waals surface area contributed by atoms with Gasteiger partial charge in [-0.25, -0.2) is 0 Å². The van der Waals surface area contributed by atoms with E-state index in [9.17, 15) is 4.79 Å². The van der Waals surface area contributed by atoms with E-state index in [0.717, 1.165) is 48.3 Å². The van der Waals surface area contributed by atoms with Crippen LogP contribution in [0.25, 0.3) is 10.9 Å². The summed E-state index contributed by atoms with van der Waals surface area (Å²) in [5.41, 5.74) is 6.70. The predicted molar refractivity (Wildman–Crippen MR) is 135 cm³/mol. The van der Waals surface area contributed by atoms with Crippen molar-refractivity contribution in [2.75, 3.05) is 32.7 Å². The van der Waals surface area contributed by atoms with E-state index in [4.69, 9.17) is 0 Å². The summed E-state index contributed by atoms with van der Waals surface area (Å²) in [5.74, 6) is 0.207. The van der Waals surface area contributed by atoms with E-state index >= 15 is 0 Å². The second-order valence-electron chi connectivity index (χ2n) is 9.13. The number of nitrogens with zero attached hydrogens (tertiary/aromatic N) is 2. The minimum atomic E-state index is 0.207. The van der Waals surface area contributed by atoms with Gasteiger partial charge in [0.2, 0.25) is 0 Å². The molecule has 0 atom stereocenters. The summed E-state index contributed by atoms with van der Waals surface area (Å²) in [6, 6.07) is 28.0. The highest BCUT2D eigenvalue weighted by Crippen LogP contribution is 2.30. The molecular formula is C29H31N3O. The maximum atomic E-state index is 13.3. The molecule has 0 saturated carbocycles. The normalized spacial score (nSPS) is 15.4. The van der Waals surface area contributed by atoms with E-state index in [1.807, 2.05) is 6.92 Å². The first-order chi connectivity index (χ1) is 16.1. The highest BCUT2D eigenvalue weighted by molar-refractivity contribution is 6.10. The highest BCUT2D eigenvalue weighted by Gasteiger charge is 2.28. The fraction of sp³-hybridized carbons (Fsp3) is 0.276. The Kier molecular flexibility index (Phi) is 6.12. The van der Waals surface area contributed by atoms with Gasteiger partial charge in [0, 0.05) is 48.3 Å². The number of benzene rings is 3. The highest BCUT2D eigenvalue weighted by atomic mass is 16.1. The van der Waals surface area contributed by atoms with Gasteiger partial charge in [-0.1, -0.05) is 72.8 Å². The van der Waals surface area contributed by atoms with Gasteiger partial charge in [-0.3, -0.25) is 14.6 Å². The van der Waals surface area contributed by atoms with Gasteiger partial charge in [-0.05, 0) is 36.6 Å². The first-order valence-electron chi connectivity index (χ1n) is 11.8. The molecule has 0 amide bonds. The van der Waals surface area contributed by atoms with E-state index in [-0.39, 0.29) is 11.8 Å². The Morgan fingerprint density at radius 3 is 2.06 bits per heavy atom. The number of nitrogens with one attached hydrogen (secondary N) is 1. The third-order valence-electron chi connectivity index (χ3n) is 6.79. The van der Waals surface area contributed by atoms with Crippen LogP contribution in [0.15, 0.2) is 78.9 Å². The summed E-state index contributed by atoms with van der Waals surface area (Å²) in [6.45, 7) is 8.21. The monoisotopic (exact) mass is 437 g/mol. The van der Waals surface area contributed by atoms with Crippen molar-refractivity contribution in [2.45, 2.75) is 19.9 Å². The smallest absolute Gasteiger partial charge is 0.179 e. The van der Waals surface area contributed by atoms with E-state index in [0.29, 0.717) is 6.54 Å². The zero-order valence-corrected chi connectivity index (χ0v) is 19.4. The summed E-state index contributed by atoms with van der Waals surface area (Å²) in [5, 5.41) is 1.04. The third-order valence-corrected chi connectivity index (χ3v) is 6.79. The van der Waals surface area contributed by atoms with Crippen molar-refractivity contribution in [1.29, 1.82) is 0 Å². The zero-order chi connectivity index (χ0) is 22.8. The summed E-state index contributed by atoms with van der Waals surface area (Å²) in [7, 11) is 0. The summed E-state index contributed by atoms with van der Waals surface area (Å²) in [4.78, 5) is 21.5. The molecule has 0 radical (unpaired) electrons. The molecule has 4 heteroatoms. The van der Waals surface area contributed by atoms with Gasteiger partial charge in [0.15, 0.2) is 5.78 Å². The molecule has 0 aliphatic carbocycles. The van der Waals surface area contributed by atoms with Crippen molar-refractivity contribution in [1.82, 2.24) is 14.8 Å². The first-order valence-corrected chi connectivity index (χ1v) is 11.8. The average Bonchev–Trinajstić information content (AvgIpc) is 3.16. The van der Waals surface area contributed by atoms with Crippen molar-refractivity contribution in [3.63, 3.8) is 0 Å². The molecule has 33 heavy (non-hydrogen) atoms. The van der Waals surface area contributed by atoms with Crippen molar-refractivity contribution in [3.05, 3.63) is 107 Å². The second-order valence-corrected chi connectivity index (χ2v) is 9.13. The lowest BCUT2D eigenvalue weighted by molar-refractivity contribution is 0.0809. The number of rotatable bonds is 6. The summed E-state index contributed by atoms with van der Waals surface area (Å²) < 4.78 is 0. The largest absolute Gasteiger partial charge is 0.358 e. The number of H-pyrrole nitrogens is 1. The SMILES string of the molecule is Cc1ccc2c(C(=O)CN3CCN(C(c4ccccc4)c4ccccc4)CC3)c(C)[nH]c2c1. The Morgan fingerprint density at radius 1 is 0.848 bits per heavy atom. The van der Waals surface area contributed by atoms with Crippen LogP contribution in [0.4, 0.5) is 0 Å². The van der Waals surface area contributed by atoms with Crippen LogP contribution in [0.1, 0.15) is 38.8 Å². The van der Waals surface area contributed by atoms with Crippen molar-refractivity contribution in [2.24, 2.45) is 0 Å². The molecule has 4 aromatic rings. The maximum Gasteiger partial charge on any atom is 0.179 e. The van der Waals surface area contributed by atoms with Gasteiger partial charge in [-0.2, -0.15) is 0 Å². The van der Waals surface area contributed by atoms with Gasteiger partial charge in [0.1, 0.15) is 0 Å². The molecule has 0 unspecified atom stereocenters. The quantitative estimate of drug-likeness (QED) is 0.412. The van der Waals surface area contributed by atoms with E-state index in [1.54, 1.807) is 0 Å². The third kappa shape index (κ3) is 4.50. The van der Waals surface area contributed by atoms with Crippen LogP contribution in [0.3, 0.4) is 0 Å². The second kappa shape index (κ2) is 9.34. The van der Waals surface area contributed by atoms with E-state index in [1.165, 1.54) is 16.7 Å². The zero-order valence-electron chi connectivity index (χ0n) is 19.4. The van der Waals surface area contributed by atoms with Crippen LogP contribution in [0, 0.1) is 13.8 Å². The minimum Gasteiger partial charge on any atom is -0.358 e. The molecule has 1 aliphatic rings. The molecule has 2 heterocycles. The van der Waals surface area contributed by atoms with Gasteiger partial charge < -0.3 is 4.98 Å². The summed E-state index contributed by atoms with van der Waals surface area (Å²) >= 11 is 0. The van der Waals surface area contributed by atoms with Crippen molar-refractivity contribution < 1.29 is 4.79 Å². The lowest BCUT2D eigenvalue weighted by Crippen LogP contribution is -2.49. The Hall–Kier alpha value is -3.21. The number of piperazine rings is 1. The Bertz CT molecular complexity index is 1200. The predicted octanol–water partition coefficient (Wildman–Crippen LogP) is 5.37. The van der Waals surface area contributed by atoms with Crippen molar-refractivity contribution >= 4 is 16.7 Å². The van der Waals surface area contributed by atoms with Gasteiger partial charge >= 0.3 is 0 Å². The molecule has 1 aromatic heterocycles. The average molecular weight is 438 g/mol. The number of aromatic nitrogens is 1. The Balaban J connectivity index is 1.30. The van der Waals surface area contributed by atoms with Crippen molar-refractivity contribution in [3.8, 4) is 0 Å². The Morgan fingerprint density at radius 2 is 1.45 bits per heavy atom. The molecule has 1 aliphatic heterocycles. The molecule has 0 bridgehead atoms. The maximum absolute atomic E-state index is 13.3. The summed E-state index contributed by atoms with van der Waals surface area (Å²) in [6.07, 6.45) is 0. The molecule has 1 fully saturated rings. The molecule has 3 aromatic carbocycles. The molecule has 4 nitrogen and oxygen atoms in total. The number of ketones is 1. The number of carbonyl (C=O) groups excluding carboxylic acids is 1. The van der Waals surface area contributed by atoms with Gasteiger partial charge in [0.25, 0.3) is 0 Å². The number of Topliss-reactive ketones (excluding diaryl/α,β-unsaturated/α-hetero) is 1.